The number of rotatable bonds is 9. The first-order chi connectivity index (χ1) is 18.6. The van der Waals surface area contributed by atoms with Crippen LogP contribution in [0, 0.1) is 6.92 Å². The Bertz CT molecular complexity index is 1890. The van der Waals surface area contributed by atoms with Gasteiger partial charge in [0.1, 0.15) is 16.2 Å². The van der Waals surface area contributed by atoms with E-state index >= 15 is 0 Å². The van der Waals surface area contributed by atoms with Gasteiger partial charge in [-0.3, -0.25) is 4.72 Å². The third-order valence-corrected chi connectivity index (χ3v) is 9.62. The Kier molecular flexibility index (Phi) is 7.34. The van der Waals surface area contributed by atoms with Gasteiger partial charge in [-0.2, -0.15) is 0 Å². The van der Waals surface area contributed by atoms with Crippen LogP contribution in [0.1, 0.15) is 12.0 Å². The summed E-state index contributed by atoms with van der Waals surface area (Å²) in [4.78, 5) is 9.04. The molecule has 0 saturated carbocycles. The molecule has 0 radical (unpaired) electrons. The number of anilines is 1. The first-order valence-corrected chi connectivity index (χ1v) is 15.3. The SMILES string of the molecule is COCCCn1c(NS(=O)(=O)c2ccc(Cl)cc2)c(S(=O)(=O)c2ccc(C)cc2)c2nc3ccccc3nc21. The second-order valence-corrected chi connectivity index (χ2v) is 12.9. The second-order valence-electron chi connectivity index (χ2n) is 8.94. The second kappa shape index (κ2) is 10.6. The number of ether oxygens (including phenoxy) is 1. The van der Waals surface area contributed by atoms with Crippen molar-refractivity contribution in [1.82, 2.24) is 14.5 Å². The van der Waals surface area contributed by atoms with Gasteiger partial charge < -0.3 is 9.30 Å². The minimum atomic E-state index is -4.26. The van der Waals surface area contributed by atoms with Gasteiger partial charge in [-0.1, -0.05) is 41.4 Å². The fraction of sp³-hybridized carbons (Fsp3) is 0.185. The molecule has 3 aromatic carbocycles. The summed E-state index contributed by atoms with van der Waals surface area (Å²) in [6.07, 6.45) is 0.467. The molecule has 9 nitrogen and oxygen atoms in total. The van der Waals surface area contributed by atoms with Crippen LogP contribution >= 0.6 is 11.6 Å². The number of nitrogens with zero attached hydrogens (tertiary/aromatic N) is 3. The number of aromatic nitrogens is 3. The number of sulfone groups is 1. The highest BCUT2D eigenvalue weighted by molar-refractivity contribution is 7.93. The van der Waals surface area contributed by atoms with Crippen molar-refractivity contribution in [3.8, 4) is 0 Å². The van der Waals surface area contributed by atoms with Crippen LogP contribution in [0.4, 0.5) is 5.82 Å². The number of nitrogens with one attached hydrogen (secondary N) is 1. The third-order valence-electron chi connectivity index (χ3n) is 6.19. The standard InChI is InChI=1S/C27H25ClN4O5S2/c1-18-8-12-20(13-9-18)38(33,34)25-24-26(30-23-7-4-3-6-22(23)29-24)32(16-5-17-37-2)27(25)31-39(35,36)21-14-10-19(28)11-15-21/h3-4,6-15,31H,5,16-17H2,1-2H3. The fourth-order valence-corrected chi connectivity index (χ4v) is 7.05. The average molecular weight is 585 g/mol. The molecule has 0 aliphatic rings. The summed E-state index contributed by atoms with van der Waals surface area (Å²) < 4.78 is 64.7. The first-order valence-electron chi connectivity index (χ1n) is 12.0. The number of hydrogen-bond donors (Lipinski definition) is 1. The Hall–Kier alpha value is -3.51. The van der Waals surface area contributed by atoms with Crippen molar-refractivity contribution in [2.75, 3.05) is 18.4 Å². The van der Waals surface area contributed by atoms with Gasteiger partial charge in [0.15, 0.2) is 5.65 Å². The van der Waals surface area contributed by atoms with Gasteiger partial charge in [0.25, 0.3) is 10.0 Å². The Labute approximate surface area is 231 Å². The molecule has 0 fully saturated rings. The topological polar surface area (TPSA) is 120 Å². The lowest BCUT2D eigenvalue weighted by atomic mass is 10.2. The van der Waals surface area contributed by atoms with Crippen LogP contribution in [0.3, 0.4) is 0 Å². The van der Waals surface area contributed by atoms with Crippen molar-refractivity contribution in [2.24, 2.45) is 0 Å². The predicted molar refractivity (Wildman–Crippen MR) is 150 cm³/mol. The van der Waals surface area contributed by atoms with Crippen molar-refractivity contribution < 1.29 is 21.6 Å². The molecule has 0 aliphatic carbocycles. The molecule has 0 bridgehead atoms. The number of fused-ring (bicyclic) bond motifs is 2. The summed E-state index contributed by atoms with van der Waals surface area (Å²) in [5.41, 5.74) is 2.21. The molecule has 2 heterocycles. The fourth-order valence-electron chi connectivity index (χ4n) is 4.25. The Morgan fingerprint density at radius 3 is 2.13 bits per heavy atom. The Morgan fingerprint density at radius 2 is 1.49 bits per heavy atom. The zero-order valence-electron chi connectivity index (χ0n) is 21.1. The maximum Gasteiger partial charge on any atom is 0.263 e. The highest BCUT2D eigenvalue weighted by Gasteiger charge is 2.33. The van der Waals surface area contributed by atoms with E-state index in [0.29, 0.717) is 29.1 Å². The van der Waals surface area contributed by atoms with Crippen molar-refractivity contribution in [1.29, 1.82) is 0 Å². The van der Waals surface area contributed by atoms with Gasteiger partial charge in [-0.05, 0) is 61.9 Å². The lowest BCUT2D eigenvalue weighted by Gasteiger charge is -2.14. The van der Waals surface area contributed by atoms with Crippen LogP contribution in [-0.2, 0) is 31.1 Å². The first kappa shape index (κ1) is 27.1. The minimum Gasteiger partial charge on any atom is -0.385 e. The predicted octanol–water partition coefficient (Wildman–Crippen LogP) is 5.22. The summed E-state index contributed by atoms with van der Waals surface area (Å²) in [7, 11) is -6.93. The minimum absolute atomic E-state index is 0.00550. The molecule has 202 valence electrons. The van der Waals surface area contributed by atoms with E-state index in [4.69, 9.17) is 21.3 Å². The summed E-state index contributed by atoms with van der Waals surface area (Å²) in [6, 6.07) is 19.0. The molecule has 1 N–H and O–H groups in total. The van der Waals surface area contributed by atoms with Crippen LogP contribution in [-0.4, -0.2) is 45.1 Å². The zero-order valence-corrected chi connectivity index (χ0v) is 23.5. The number of sulfonamides is 1. The van der Waals surface area contributed by atoms with E-state index in [1.165, 1.54) is 36.4 Å². The van der Waals surface area contributed by atoms with Gasteiger partial charge in [0, 0.05) is 25.3 Å². The third kappa shape index (κ3) is 5.22. The van der Waals surface area contributed by atoms with Crippen LogP contribution in [0.2, 0.25) is 5.02 Å². The molecule has 0 saturated heterocycles. The normalized spacial score (nSPS) is 12.3. The van der Waals surface area contributed by atoms with Gasteiger partial charge in [0.2, 0.25) is 9.84 Å². The number of para-hydroxylation sites is 2. The molecule has 12 heteroatoms. The van der Waals surface area contributed by atoms with Crippen LogP contribution in [0.5, 0.6) is 0 Å². The van der Waals surface area contributed by atoms with E-state index in [2.05, 4.69) is 9.71 Å². The highest BCUT2D eigenvalue weighted by atomic mass is 35.5. The van der Waals surface area contributed by atoms with Gasteiger partial charge in [0.05, 0.1) is 20.8 Å². The zero-order chi connectivity index (χ0) is 27.8. The van der Waals surface area contributed by atoms with E-state index in [-0.39, 0.29) is 38.2 Å². The lowest BCUT2D eigenvalue weighted by Crippen LogP contribution is -2.18. The smallest absolute Gasteiger partial charge is 0.263 e. The van der Waals surface area contributed by atoms with Crippen molar-refractivity contribution in [2.45, 2.75) is 34.6 Å². The van der Waals surface area contributed by atoms with Crippen LogP contribution in [0.15, 0.2) is 87.5 Å². The number of aryl methyl sites for hydroxylation is 2. The Balaban J connectivity index is 1.83. The summed E-state index contributed by atoms with van der Waals surface area (Å²) >= 11 is 5.96. The number of hydrogen-bond acceptors (Lipinski definition) is 7. The molecule has 0 unspecified atom stereocenters. The van der Waals surface area contributed by atoms with Crippen molar-refractivity contribution in [3.63, 3.8) is 0 Å². The number of benzene rings is 3. The van der Waals surface area contributed by atoms with E-state index in [1.54, 1.807) is 48.1 Å². The molecule has 0 amide bonds. The molecule has 5 aromatic rings. The maximum atomic E-state index is 14.2. The van der Waals surface area contributed by atoms with E-state index in [0.717, 1.165) is 5.56 Å². The van der Waals surface area contributed by atoms with E-state index < -0.39 is 19.9 Å². The van der Waals surface area contributed by atoms with Crippen LogP contribution < -0.4 is 4.72 Å². The van der Waals surface area contributed by atoms with E-state index in [9.17, 15) is 16.8 Å². The Morgan fingerprint density at radius 1 is 0.872 bits per heavy atom. The summed E-state index contributed by atoms with van der Waals surface area (Å²) in [5, 5.41) is 0.366. The molecular formula is C27H25ClN4O5S2. The van der Waals surface area contributed by atoms with Gasteiger partial charge in [-0.25, -0.2) is 26.8 Å². The summed E-state index contributed by atoms with van der Waals surface area (Å²) in [5.74, 6) is -0.146. The van der Waals surface area contributed by atoms with Gasteiger partial charge >= 0.3 is 0 Å². The number of methoxy groups -OCH3 is 1. The van der Waals surface area contributed by atoms with E-state index in [1.807, 2.05) is 6.92 Å². The monoisotopic (exact) mass is 584 g/mol. The molecule has 0 spiro atoms. The van der Waals surface area contributed by atoms with Crippen LogP contribution in [0.25, 0.3) is 22.2 Å². The van der Waals surface area contributed by atoms with Gasteiger partial charge in [-0.15, -0.1) is 0 Å². The molecule has 0 atom stereocenters. The number of halogens is 1. The molecular weight excluding hydrogens is 560 g/mol. The van der Waals surface area contributed by atoms with Crippen molar-refractivity contribution in [3.05, 3.63) is 83.4 Å². The highest BCUT2D eigenvalue weighted by Crippen LogP contribution is 2.38. The quantitative estimate of drug-likeness (QED) is 0.236. The lowest BCUT2D eigenvalue weighted by molar-refractivity contribution is 0.191. The molecule has 2 aromatic heterocycles. The maximum absolute atomic E-state index is 14.2. The molecule has 39 heavy (non-hydrogen) atoms. The average Bonchev–Trinajstić information content (AvgIpc) is 3.19. The van der Waals surface area contributed by atoms with Crippen molar-refractivity contribution >= 4 is 59.5 Å². The summed E-state index contributed by atoms with van der Waals surface area (Å²) in [6.45, 7) is 2.44. The molecule has 5 rings (SSSR count). The molecule has 0 aliphatic heterocycles. The largest absolute Gasteiger partial charge is 0.385 e.